The summed E-state index contributed by atoms with van der Waals surface area (Å²) in [6.07, 6.45) is 3.89. The van der Waals surface area contributed by atoms with Gasteiger partial charge in [0.25, 0.3) is 5.91 Å². The molecule has 1 amide bonds. The quantitative estimate of drug-likeness (QED) is 0.737. The molecule has 0 fully saturated rings. The number of carbonyl (C=O) groups is 1. The van der Waals surface area contributed by atoms with Crippen molar-refractivity contribution in [3.8, 4) is 17.3 Å². The maximum atomic E-state index is 12.8. The normalized spacial score (nSPS) is 10.4. The average Bonchev–Trinajstić information content (AvgIpc) is 3.13. The number of benzene rings is 1. The highest BCUT2D eigenvalue weighted by molar-refractivity contribution is 6.05. The molecule has 7 heteroatoms. The van der Waals surface area contributed by atoms with Crippen LogP contribution in [0.15, 0.2) is 48.8 Å². The third kappa shape index (κ3) is 3.37. The van der Waals surface area contributed by atoms with Crippen molar-refractivity contribution in [2.75, 3.05) is 19.5 Å². The molecule has 0 spiro atoms. The Morgan fingerprint density at radius 2 is 2.04 bits per heavy atom. The smallest absolute Gasteiger partial charge is 0.259 e. The Morgan fingerprint density at radius 3 is 2.69 bits per heavy atom. The summed E-state index contributed by atoms with van der Waals surface area (Å²) < 4.78 is 12.2. The summed E-state index contributed by atoms with van der Waals surface area (Å²) in [5, 5.41) is 7.21. The monoisotopic (exact) mass is 352 g/mol. The number of hydrogen-bond acceptors (Lipinski definition) is 5. The fourth-order valence-corrected chi connectivity index (χ4v) is 2.67. The van der Waals surface area contributed by atoms with Gasteiger partial charge in [-0.25, -0.2) is 9.67 Å². The number of methoxy groups -OCH3 is 2. The number of hydrogen-bond donors (Lipinski definition) is 1. The fourth-order valence-electron chi connectivity index (χ4n) is 2.67. The molecule has 3 rings (SSSR count). The summed E-state index contributed by atoms with van der Waals surface area (Å²) in [5.41, 5.74) is 1.84. The minimum absolute atomic E-state index is 0.257. The third-order valence-electron chi connectivity index (χ3n) is 3.97. The van der Waals surface area contributed by atoms with Gasteiger partial charge in [-0.1, -0.05) is 13.0 Å². The zero-order valence-corrected chi connectivity index (χ0v) is 14.9. The molecule has 0 atom stereocenters. The topological polar surface area (TPSA) is 78.3 Å². The summed E-state index contributed by atoms with van der Waals surface area (Å²) in [5.74, 6) is 1.59. The van der Waals surface area contributed by atoms with Gasteiger partial charge in [-0.3, -0.25) is 4.79 Å². The van der Waals surface area contributed by atoms with Crippen molar-refractivity contribution in [1.82, 2.24) is 14.8 Å². The van der Waals surface area contributed by atoms with E-state index in [9.17, 15) is 4.79 Å². The van der Waals surface area contributed by atoms with Crippen LogP contribution in [-0.2, 0) is 6.42 Å². The molecular weight excluding hydrogens is 332 g/mol. The van der Waals surface area contributed by atoms with Gasteiger partial charge < -0.3 is 14.8 Å². The predicted octanol–water partition coefficient (Wildman–Crippen LogP) is 3.10. The van der Waals surface area contributed by atoms with E-state index in [1.165, 1.54) is 0 Å². The number of amides is 1. The van der Waals surface area contributed by atoms with Crippen molar-refractivity contribution in [2.24, 2.45) is 0 Å². The van der Waals surface area contributed by atoms with Gasteiger partial charge in [-0.15, -0.1) is 0 Å². The van der Waals surface area contributed by atoms with E-state index in [0.29, 0.717) is 35.0 Å². The molecule has 0 aliphatic heterocycles. The summed E-state index contributed by atoms with van der Waals surface area (Å²) in [4.78, 5) is 17.1. The lowest BCUT2D eigenvalue weighted by molar-refractivity contribution is 0.102. The molecule has 1 aromatic carbocycles. The third-order valence-corrected chi connectivity index (χ3v) is 3.97. The van der Waals surface area contributed by atoms with Gasteiger partial charge in [-0.2, -0.15) is 5.10 Å². The van der Waals surface area contributed by atoms with E-state index in [-0.39, 0.29) is 5.91 Å². The number of rotatable bonds is 6. The maximum absolute atomic E-state index is 12.8. The van der Waals surface area contributed by atoms with Gasteiger partial charge in [0.1, 0.15) is 11.5 Å². The molecule has 0 saturated heterocycles. The molecule has 7 nitrogen and oxygen atoms in total. The largest absolute Gasteiger partial charge is 0.497 e. The van der Waals surface area contributed by atoms with Crippen LogP contribution in [0.4, 0.5) is 5.69 Å². The molecule has 26 heavy (non-hydrogen) atoms. The Kier molecular flexibility index (Phi) is 5.17. The Labute approximate surface area is 151 Å². The first kappa shape index (κ1) is 17.5. The van der Waals surface area contributed by atoms with E-state index in [1.807, 2.05) is 25.1 Å². The van der Waals surface area contributed by atoms with Crippen LogP contribution in [0.5, 0.6) is 11.5 Å². The molecule has 2 aromatic heterocycles. The lowest BCUT2D eigenvalue weighted by Crippen LogP contribution is -2.15. The van der Waals surface area contributed by atoms with Crippen LogP contribution < -0.4 is 14.8 Å². The fraction of sp³-hybridized carbons (Fsp3) is 0.211. The van der Waals surface area contributed by atoms with Crippen LogP contribution in [0.25, 0.3) is 5.82 Å². The van der Waals surface area contributed by atoms with Crippen molar-refractivity contribution in [2.45, 2.75) is 13.3 Å². The van der Waals surface area contributed by atoms with Gasteiger partial charge >= 0.3 is 0 Å². The van der Waals surface area contributed by atoms with Gasteiger partial charge in [0.15, 0.2) is 5.82 Å². The SMILES string of the molecule is CCc1c(C(=O)Nc2ccc(OC)cc2OC)cnn1-c1ccccn1. The molecule has 1 N–H and O–H groups in total. The van der Waals surface area contributed by atoms with Crippen LogP contribution in [0, 0.1) is 0 Å². The predicted molar refractivity (Wildman–Crippen MR) is 98.2 cm³/mol. The number of ether oxygens (including phenoxy) is 2. The van der Waals surface area contributed by atoms with Crippen molar-refractivity contribution < 1.29 is 14.3 Å². The van der Waals surface area contributed by atoms with Crippen LogP contribution in [0.2, 0.25) is 0 Å². The van der Waals surface area contributed by atoms with Crippen molar-refractivity contribution in [3.63, 3.8) is 0 Å². The molecule has 0 unspecified atom stereocenters. The van der Waals surface area contributed by atoms with E-state index >= 15 is 0 Å². The Bertz CT molecular complexity index is 906. The van der Waals surface area contributed by atoms with E-state index in [2.05, 4.69) is 15.4 Å². The summed E-state index contributed by atoms with van der Waals surface area (Å²) in [6, 6.07) is 10.8. The number of carbonyl (C=O) groups excluding carboxylic acids is 1. The van der Waals surface area contributed by atoms with Gasteiger partial charge in [0, 0.05) is 12.3 Å². The zero-order valence-electron chi connectivity index (χ0n) is 14.9. The standard InChI is InChI=1S/C19H20N4O3/c1-4-16-14(12-21-23(16)18-7-5-6-10-20-18)19(24)22-15-9-8-13(25-2)11-17(15)26-3/h5-12H,4H2,1-3H3,(H,22,24). The van der Waals surface area contributed by atoms with E-state index in [0.717, 1.165) is 5.69 Å². The van der Waals surface area contributed by atoms with Crippen LogP contribution in [0.1, 0.15) is 23.0 Å². The van der Waals surface area contributed by atoms with Gasteiger partial charge in [0.2, 0.25) is 0 Å². The highest BCUT2D eigenvalue weighted by Crippen LogP contribution is 2.29. The minimum atomic E-state index is -0.257. The molecule has 3 aromatic rings. The van der Waals surface area contributed by atoms with Crippen molar-refractivity contribution in [3.05, 3.63) is 60.0 Å². The molecule has 2 heterocycles. The van der Waals surface area contributed by atoms with Crippen LogP contribution in [0.3, 0.4) is 0 Å². The second-order valence-corrected chi connectivity index (χ2v) is 5.48. The lowest BCUT2D eigenvalue weighted by Gasteiger charge is -2.12. The minimum Gasteiger partial charge on any atom is -0.497 e. The Balaban J connectivity index is 1.91. The molecule has 0 aliphatic rings. The molecule has 0 saturated carbocycles. The number of aromatic nitrogens is 3. The zero-order chi connectivity index (χ0) is 18.5. The van der Waals surface area contributed by atoms with E-state index in [1.54, 1.807) is 49.5 Å². The van der Waals surface area contributed by atoms with Crippen LogP contribution >= 0.6 is 0 Å². The Hall–Kier alpha value is -3.35. The number of anilines is 1. The lowest BCUT2D eigenvalue weighted by atomic mass is 10.2. The number of pyridine rings is 1. The molecule has 0 radical (unpaired) electrons. The summed E-state index contributed by atoms with van der Waals surface area (Å²) in [6.45, 7) is 1.97. The van der Waals surface area contributed by atoms with Crippen molar-refractivity contribution in [1.29, 1.82) is 0 Å². The first-order chi connectivity index (χ1) is 12.7. The Morgan fingerprint density at radius 1 is 1.19 bits per heavy atom. The maximum Gasteiger partial charge on any atom is 0.259 e. The highest BCUT2D eigenvalue weighted by atomic mass is 16.5. The average molecular weight is 352 g/mol. The second-order valence-electron chi connectivity index (χ2n) is 5.48. The highest BCUT2D eigenvalue weighted by Gasteiger charge is 2.19. The van der Waals surface area contributed by atoms with Gasteiger partial charge in [0.05, 0.1) is 37.4 Å². The van der Waals surface area contributed by atoms with Crippen molar-refractivity contribution >= 4 is 11.6 Å². The number of nitrogens with one attached hydrogen (secondary N) is 1. The second kappa shape index (κ2) is 7.69. The first-order valence-electron chi connectivity index (χ1n) is 8.19. The summed E-state index contributed by atoms with van der Waals surface area (Å²) >= 11 is 0. The first-order valence-corrected chi connectivity index (χ1v) is 8.19. The van der Waals surface area contributed by atoms with E-state index < -0.39 is 0 Å². The van der Waals surface area contributed by atoms with E-state index in [4.69, 9.17) is 9.47 Å². The number of nitrogens with zero attached hydrogens (tertiary/aromatic N) is 3. The van der Waals surface area contributed by atoms with Crippen LogP contribution in [-0.4, -0.2) is 34.9 Å². The molecule has 0 aliphatic carbocycles. The molecule has 0 bridgehead atoms. The molecule has 134 valence electrons. The summed E-state index contributed by atoms with van der Waals surface area (Å²) in [7, 11) is 3.12. The molecular formula is C19H20N4O3. The van der Waals surface area contributed by atoms with Gasteiger partial charge in [-0.05, 0) is 30.7 Å².